The van der Waals surface area contributed by atoms with Crippen molar-refractivity contribution in [2.45, 2.75) is 0 Å². The minimum Gasteiger partial charge on any atom is -0.454 e. The molecule has 0 atom stereocenters. The molecule has 0 bridgehead atoms. The summed E-state index contributed by atoms with van der Waals surface area (Å²) in [5, 5.41) is 4.62. The molecule has 2 aromatic carbocycles. The standard InChI is InChI=1S/C16H12N4O3/c21-15-11-3-1-2-4-12(11)18-16(19-15)20-17-8-10-5-6-13-14(7-10)23-9-22-13/h1-8H,9H2,(H2,18,19,20,21)/b17-8+. The molecule has 0 fully saturated rings. The normalized spacial score (nSPS) is 12.9. The minimum atomic E-state index is -0.212. The van der Waals surface area contributed by atoms with Gasteiger partial charge in [-0.1, -0.05) is 12.1 Å². The average molecular weight is 308 g/mol. The molecule has 0 amide bonds. The number of ether oxygens (including phenoxy) is 2. The number of nitrogens with zero attached hydrogens (tertiary/aromatic N) is 2. The summed E-state index contributed by atoms with van der Waals surface area (Å²) in [4.78, 5) is 18.9. The lowest BCUT2D eigenvalue weighted by atomic mass is 10.2. The summed E-state index contributed by atoms with van der Waals surface area (Å²) in [6.07, 6.45) is 1.61. The van der Waals surface area contributed by atoms with Crippen molar-refractivity contribution in [1.29, 1.82) is 0 Å². The van der Waals surface area contributed by atoms with Gasteiger partial charge in [-0.15, -0.1) is 0 Å². The van der Waals surface area contributed by atoms with Gasteiger partial charge in [0.1, 0.15) is 0 Å². The molecule has 0 radical (unpaired) electrons. The number of hydrogen-bond donors (Lipinski definition) is 2. The zero-order valence-corrected chi connectivity index (χ0v) is 11.9. The molecule has 7 heteroatoms. The Morgan fingerprint density at radius 2 is 2.04 bits per heavy atom. The first kappa shape index (κ1) is 13.3. The summed E-state index contributed by atoms with van der Waals surface area (Å²) < 4.78 is 10.6. The van der Waals surface area contributed by atoms with Crippen molar-refractivity contribution in [2.75, 3.05) is 12.2 Å². The van der Waals surface area contributed by atoms with Crippen LogP contribution in [0.2, 0.25) is 0 Å². The SMILES string of the molecule is O=c1[nH]c(N/N=C/c2ccc3c(c2)OCO3)nc2ccccc12. The number of hydrazone groups is 1. The minimum absolute atomic E-state index is 0.212. The van der Waals surface area contributed by atoms with Crippen molar-refractivity contribution in [3.05, 3.63) is 58.4 Å². The predicted octanol–water partition coefficient (Wildman–Crippen LogP) is 2.10. The van der Waals surface area contributed by atoms with E-state index >= 15 is 0 Å². The first-order chi connectivity index (χ1) is 11.3. The van der Waals surface area contributed by atoms with E-state index in [4.69, 9.17) is 9.47 Å². The fraction of sp³-hybridized carbons (Fsp3) is 0.0625. The lowest BCUT2D eigenvalue weighted by molar-refractivity contribution is 0.174. The molecule has 0 spiro atoms. The molecule has 2 heterocycles. The molecule has 23 heavy (non-hydrogen) atoms. The molecular weight excluding hydrogens is 296 g/mol. The number of H-pyrrole nitrogens is 1. The monoisotopic (exact) mass is 308 g/mol. The van der Waals surface area contributed by atoms with Gasteiger partial charge in [0.15, 0.2) is 11.5 Å². The second kappa shape index (κ2) is 5.45. The molecule has 0 unspecified atom stereocenters. The van der Waals surface area contributed by atoms with E-state index in [1.165, 1.54) is 0 Å². The Hall–Kier alpha value is -3.35. The largest absolute Gasteiger partial charge is 0.454 e. The van der Waals surface area contributed by atoms with E-state index in [0.29, 0.717) is 16.7 Å². The fourth-order valence-corrected chi connectivity index (χ4v) is 2.30. The lowest BCUT2D eigenvalue weighted by Crippen LogP contribution is -2.10. The van der Waals surface area contributed by atoms with E-state index in [9.17, 15) is 4.79 Å². The van der Waals surface area contributed by atoms with Crippen molar-refractivity contribution in [2.24, 2.45) is 5.10 Å². The first-order valence-electron chi connectivity index (χ1n) is 6.97. The highest BCUT2D eigenvalue weighted by Crippen LogP contribution is 2.31. The maximum atomic E-state index is 11.9. The van der Waals surface area contributed by atoms with Crippen LogP contribution in [-0.2, 0) is 0 Å². The molecule has 0 saturated heterocycles. The third-order valence-electron chi connectivity index (χ3n) is 3.39. The van der Waals surface area contributed by atoms with Crippen molar-refractivity contribution in [3.8, 4) is 11.5 Å². The van der Waals surface area contributed by atoms with Crippen LogP contribution in [0.15, 0.2) is 52.4 Å². The van der Waals surface area contributed by atoms with Crippen LogP contribution >= 0.6 is 0 Å². The van der Waals surface area contributed by atoms with Crippen LogP contribution in [0.5, 0.6) is 11.5 Å². The molecule has 1 aromatic heterocycles. The fourth-order valence-electron chi connectivity index (χ4n) is 2.30. The topological polar surface area (TPSA) is 88.6 Å². The van der Waals surface area contributed by atoms with E-state index in [2.05, 4.69) is 20.5 Å². The molecular formula is C16H12N4O3. The molecule has 3 aromatic rings. The molecule has 0 aliphatic carbocycles. The summed E-state index contributed by atoms with van der Waals surface area (Å²) in [5.74, 6) is 1.69. The number of fused-ring (bicyclic) bond motifs is 2. The summed E-state index contributed by atoms with van der Waals surface area (Å²) in [5.41, 5.74) is 3.96. The number of anilines is 1. The van der Waals surface area contributed by atoms with Crippen LogP contribution in [0.1, 0.15) is 5.56 Å². The Kier molecular flexibility index (Phi) is 3.16. The van der Waals surface area contributed by atoms with Crippen molar-refractivity contribution < 1.29 is 9.47 Å². The highest BCUT2D eigenvalue weighted by Gasteiger charge is 2.12. The van der Waals surface area contributed by atoms with Gasteiger partial charge >= 0.3 is 0 Å². The van der Waals surface area contributed by atoms with Crippen LogP contribution in [0.4, 0.5) is 5.95 Å². The van der Waals surface area contributed by atoms with Gasteiger partial charge in [-0.05, 0) is 35.9 Å². The molecule has 7 nitrogen and oxygen atoms in total. The van der Waals surface area contributed by atoms with E-state index in [1.807, 2.05) is 24.3 Å². The van der Waals surface area contributed by atoms with Gasteiger partial charge < -0.3 is 9.47 Å². The van der Waals surface area contributed by atoms with Crippen LogP contribution in [0.3, 0.4) is 0 Å². The Bertz CT molecular complexity index is 965. The molecule has 1 aliphatic heterocycles. The maximum absolute atomic E-state index is 11.9. The van der Waals surface area contributed by atoms with Crippen molar-refractivity contribution >= 4 is 23.1 Å². The lowest BCUT2D eigenvalue weighted by Gasteiger charge is -2.01. The first-order valence-corrected chi connectivity index (χ1v) is 6.97. The van der Waals surface area contributed by atoms with Gasteiger partial charge in [-0.2, -0.15) is 5.10 Å². The maximum Gasteiger partial charge on any atom is 0.260 e. The van der Waals surface area contributed by atoms with Gasteiger partial charge in [0.2, 0.25) is 12.7 Å². The van der Waals surface area contributed by atoms with Crippen LogP contribution in [0, 0.1) is 0 Å². The summed E-state index contributed by atoms with van der Waals surface area (Å²) in [6, 6.07) is 12.6. The van der Waals surface area contributed by atoms with Crippen LogP contribution in [0.25, 0.3) is 10.9 Å². The molecule has 114 valence electrons. The van der Waals surface area contributed by atoms with Gasteiger partial charge in [0.25, 0.3) is 5.56 Å². The smallest absolute Gasteiger partial charge is 0.260 e. The number of benzene rings is 2. The number of para-hydroxylation sites is 1. The predicted molar refractivity (Wildman–Crippen MR) is 86.1 cm³/mol. The van der Waals surface area contributed by atoms with Gasteiger partial charge in [0, 0.05) is 0 Å². The summed E-state index contributed by atoms with van der Waals surface area (Å²) in [7, 11) is 0. The van der Waals surface area contributed by atoms with Gasteiger partial charge in [-0.3, -0.25) is 9.78 Å². The van der Waals surface area contributed by atoms with Crippen molar-refractivity contribution in [3.63, 3.8) is 0 Å². The summed E-state index contributed by atoms with van der Waals surface area (Å²) >= 11 is 0. The number of hydrogen-bond acceptors (Lipinski definition) is 6. The van der Waals surface area contributed by atoms with Crippen molar-refractivity contribution in [1.82, 2.24) is 9.97 Å². The molecule has 2 N–H and O–H groups in total. The quantitative estimate of drug-likeness (QED) is 0.571. The average Bonchev–Trinajstić information content (AvgIpc) is 3.03. The molecule has 0 saturated carbocycles. The number of nitrogens with one attached hydrogen (secondary N) is 2. The van der Waals surface area contributed by atoms with Crippen LogP contribution < -0.4 is 20.5 Å². The Morgan fingerprint density at radius 1 is 1.17 bits per heavy atom. The Labute approximate surface area is 130 Å². The second-order valence-electron chi connectivity index (χ2n) is 4.91. The second-order valence-corrected chi connectivity index (χ2v) is 4.91. The third kappa shape index (κ3) is 2.59. The molecule has 4 rings (SSSR count). The number of aromatic amines is 1. The highest BCUT2D eigenvalue weighted by atomic mass is 16.7. The van der Waals surface area contributed by atoms with E-state index in [0.717, 1.165) is 11.3 Å². The highest BCUT2D eigenvalue weighted by molar-refractivity contribution is 5.82. The Morgan fingerprint density at radius 3 is 3.00 bits per heavy atom. The van der Waals surface area contributed by atoms with E-state index in [1.54, 1.807) is 24.4 Å². The zero-order chi connectivity index (χ0) is 15.6. The van der Waals surface area contributed by atoms with Gasteiger partial charge in [-0.25, -0.2) is 10.4 Å². The van der Waals surface area contributed by atoms with Crippen LogP contribution in [-0.4, -0.2) is 23.0 Å². The van der Waals surface area contributed by atoms with E-state index in [-0.39, 0.29) is 18.3 Å². The molecule has 1 aliphatic rings. The third-order valence-corrected chi connectivity index (χ3v) is 3.39. The number of rotatable bonds is 3. The Balaban J connectivity index is 1.56. The van der Waals surface area contributed by atoms with E-state index < -0.39 is 0 Å². The zero-order valence-electron chi connectivity index (χ0n) is 11.9. The summed E-state index contributed by atoms with van der Waals surface area (Å²) in [6.45, 7) is 0.233. The van der Waals surface area contributed by atoms with Gasteiger partial charge in [0.05, 0.1) is 17.1 Å². The number of aromatic nitrogens is 2.